The second kappa shape index (κ2) is 5.64. The second-order valence-corrected chi connectivity index (χ2v) is 5.12. The summed E-state index contributed by atoms with van der Waals surface area (Å²) in [6, 6.07) is 0. The molecule has 1 heterocycles. The van der Waals surface area contributed by atoms with E-state index in [0.29, 0.717) is 29.4 Å². The van der Waals surface area contributed by atoms with Gasteiger partial charge in [-0.05, 0) is 0 Å². The van der Waals surface area contributed by atoms with E-state index in [9.17, 15) is 9.00 Å². The molecule has 0 radical (unpaired) electrons. The predicted molar refractivity (Wildman–Crippen MR) is 63.5 cm³/mol. The lowest BCUT2D eigenvalue weighted by atomic mass is 10.3. The number of rotatable bonds is 5. The van der Waals surface area contributed by atoms with Gasteiger partial charge in [-0.1, -0.05) is 6.92 Å². The molecular formula is C9H16N4O2S. The van der Waals surface area contributed by atoms with Crippen molar-refractivity contribution in [2.24, 2.45) is 7.05 Å². The van der Waals surface area contributed by atoms with Crippen LogP contribution in [0, 0.1) is 0 Å². The highest BCUT2D eigenvalue weighted by atomic mass is 32.2. The number of nitrogens with one attached hydrogen (secondary N) is 1. The lowest BCUT2D eigenvalue weighted by Gasteiger charge is -2.03. The Labute approximate surface area is 96.7 Å². The monoisotopic (exact) mass is 244 g/mol. The average Bonchev–Trinajstić information content (AvgIpc) is 2.59. The van der Waals surface area contributed by atoms with E-state index in [1.807, 2.05) is 6.92 Å². The lowest BCUT2D eigenvalue weighted by molar-refractivity contribution is 0.0957. The van der Waals surface area contributed by atoms with Crippen LogP contribution in [-0.4, -0.2) is 37.9 Å². The highest BCUT2D eigenvalue weighted by molar-refractivity contribution is 7.84. The van der Waals surface area contributed by atoms with Crippen LogP contribution in [0.2, 0.25) is 0 Å². The van der Waals surface area contributed by atoms with E-state index in [0.717, 1.165) is 0 Å². The molecule has 0 bridgehead atoms. The highest BCUT2D eigenvalue weighted by Gasteiger charge is 2.12. The smallest absolute Gasteiger partial charge is 0.256 e. The number of amides is 1. The molecule has 3 N–H and O–H groups in total. The van der Waals surface area contributed by atoms with Crippen molar-refractivity contribution in [1.82, 2.24) is 15.1 Å². The highest BCUT2D eigenvalue weighted by Crippen LogP contribution is 2.08. The van der Waals surface area contributed by atoms with Gasteiger partial charge in [-0.3, -0.25) is 13.7 Å². The topological polar surface area (TPSA) is 90.0 Å². The Balaban J connectivity index is 2.47. The van der Waals surface area contributed by atoms with Gasteiger partial charge in [0.25, 0.3) is 5.91 Å². The van der Waals surface area contributed by atoms with Crippen LogP contribution in [0.25, 0.3) is 0 Å². The molecule has 0 aliphatic carbocycles. The Kier molecular flexibility index (Phi) is 4.48. The third-order valence-corrected chi connectivity index (χ3v) is 3.47. The van der Waals surface area contributed by atoms with E-state index >= 15 is 0 Å². The van der Waals surface area contributed by atoms with Gasteiger partial charge in [0, 0.05) is 35.9 Å². The van der Waals surface area contributed by atoms with Crippen molar-refractivity contribution in [1.29, 1.82) is 0 Å². The molecule has 1 unspecified atom stereocenters. The number of nitrogens with two attached hydrogens (primary N) is 1. The maximum atomic E-state index is 11.6. The number of carbonyl (C=O) groups excluding carboxylic acids is 1. The first-order valence-electron chi connectivity index (χ1n) is 4.97. The molecule has 0 spiro atoms. The normalized spacial score (nSPS) is 12.4. The van der Waals surface area contributed by atoms with Crippen LogP contribution in [0.15, 0.2) is 6.20 Å². The number of aryl methyl sites for hydroxylation is 1. The summed E-state index contributed by atoms with van der Waals surface area (Å²) in [7, 11) is 0.798. The Bertz CT molecular complexity index is 402. The Hall–Kier alpha value is -1.37. The molecule has 0 aromatic carbocycles. The third-order valence-electron chi connectivity index (χ3n) is 2.17. The van der Waals surface area contributed by atoms with Crippen LogP contribution < -0.4 is 11.1 Å². The summed E-state index contributed by atoms with van der Waals surface area (Å²) < 4.78 is 12.5. The molecule has 0 saturated heterocycles. The first kappa shape index (κ1) is 12.7. The minimum atomic E-state index is -0.867. The fourth-order valence-electron chi connectivity index (χ4n) is 1.14. The largest absolute Gasteiger partial charge is 0.383 e. The average molecular weight is 244 g/mol. The molecule has 0 fully saturated rings. The van der Waals surface area contributed by atoms with Gasteiger partial charge in [-0.2, -0.15) is 5.10 Å². The molecule has 1 aromatic heterocycles. The van der Waals surface area contributed by atoms with Crippen molar-refractivity contribution in [3.8, 4) is 0 Å². The van der Waals surface area contributed by atoms with Crippen LogP contribution in [0.3, 0.4) is 0 Å². The van der Waals surface area contributed by atoms with Crippen LogP contribution >= 0.6 is 0 Å². The van der Waals surface area contributed by atoms with Crippen LogP contribution in [0.5, 0.6) is 0 Å². The summed E-state index contributed by atoms with van der Waals surface area (Å²) in [5.74, 6) is 1.11. The van der Waals surface area contributed by atoms with Crippen LogP contribution in [0.4, 0.5) is 5.82 Å². The summed E-state index contributed by atoms with van der Waals surface area (Å²) in [5, 5.41) is 6.52. The van der Waals surface area contributed by atoms with Gasteiger partial charge in [0.15, 0.2) is 0 Å². The van der Waals surface area contributed by atoms with Crippen molar-refractivity contribution in [2.75, 3.05) is 23.8 Å². The van der Waals surface area contributed by atoms with Crippen molar-refractivity contribution in [2.45, 2.75) is 6.92 Å². The third kappa shape index (κ3) is 3.06. The molecule has 0 aliphatic rings. The van der Waals surface area contributed by atoms with Gasteiger partial charge < -0.3 is 11.1 Å². The van der Waals surface area contributed by atoms with Crippen molar-refractivity contribution < 1.29 is 9.00 Å². The molecule has 16 heavy (non-hydrogen) atoms. The van der Waals surface area contributed by atoms with E-state index in [4.69, 9.17) is 5.73 Å². The maximum absolute atomic E-state index is 11.6. The number of nitrogen functional groups attached to an aromatic ring is 1. The zero-order valence-corrected chi connectivity index (χ0v) is 10.2. The van der Waals surface area contributed by atoms with E-state index in [2.05, 4.69) is 10.4 Å². The number of aromatic nitrogens is 2. The number of carbonyl (C=O) groups is 1. The minimum absolute atomic E-state index is 0.279. The fraction of sp³-hybridized carbons (Fsp3) is 0.556. The van der Waals surface area contributed by atoms with Gasteiger partial charge >= 0.3 is 0 Å². The zero-order valence-electron chi connectivity index (χ0n) is 9.40. The molecule has 6 nitrogen and oxygen atoms in total. The molecular weight excluding hydrogens is 228 g/mol. The molecule has 0 aliphatic heterocycles. The molecule has 0 saturated carbocycles. The number of nitrogens with zero attached hydrogens (tertiary/aromatic N) is 2. The molecule has 1 atom stereocenters. The summed E-state index contributed by atoms with van der Waals surface area (Å²) in [4.78, 5) is 11.6. The van der Waals surface area contributed by atoms with E-state index in [1.54, 1.807) is 7.05 Å². The van der Waals surface area contributed by atoms with Gasteiger partial charge in [0.05, 0.1) is 6.20 Å². The molecule has 7 heteroatoms. The van der Waals surface area contributed by atoms with Gasteiger partial charge in [-0.15, -0.1) is 0 Å². The van der Waals surface area contributed by atoms with Gasteiger partial charge in [0.2, 0.25) is 0 Å². The molecule has 1 amide bonds. The van der Waals surface area contributed by atoms with Gasteiger partial charge in [0.1, 0.15) is 11.4 Å². The summed E-state index contributed by atoms with van der Waals surface area (Å²) in [6.45, 7) is 2.23. The lowest BCUT2D eigenvalue weighted by Crippen LogP contribution is -2.28. The zero-order chi connectivity index (χ0) is 12.1. The SMILES string of the molecule is CCS(=O)CCNC(=O)c1cnn(C)c1N. The number of anilines is 1. The Morgan fingerprint density at radius 3 is 2.88 bits per heavy atom. The van der Waals surface area contributed by atoms with Crippen LogP contribution in [0.1, 0.15) is 17.3 Å². The van der Waals surface area contributed by atoms with Crippen molar-refractivity contribution >= 4 is 22.5 Å². The second-order valence-electron chi connectivity index (χ2n) is 3.26. The first-order chi connectivity index (χ1) is 7.56. The van der Waals surface area contributed by atoms with Crippen molar-refractivity contribution in [3.63, 3.8) is 0 Å². The fourth-order valence-corrected chi connectivity index (χ4v) is 1.76. The van der Waals surface area contributed by atoms with Crippen LogP contribution in [-0.2, 0) is 17.8 Å². The van der Waals surface area contributed by atoms with Crippen molar-refractivity contribution in [3.05, 3.63) is 11.8 Å². The standard InChI is InChI=1S/C9H16N4O2S/c1-3-16(15)5-4-11-9(14)7-6-12-13(2)8(7)10/h6H,3-5,10H2,1-2H3,(H,11,14). The number of hydrogen-bond acceptors (Lipinski definition) is 4. The molecule has 90 valence electrons. The Morgan fingerprint density at radius 2 is 2.38 bits per heavy atom. The maximum Gasteiger partial charge on any atom is 0.256 e. The quantitative estimate of drug-likeness (QED) is 0.730. The van der Waals surface area contributed by atoms with E-state index < -0.39 is 10.8 Å². The summed E-state index contributed by atoms with van der Waals surface area (Å²) >= 11 is 0. The minimum Gasteiger partial charge on any atom is -0.383 e. The van der Waals surface area contributed by atoms with E-state index in [-0.39, 0.29) is 5.91 Å². The molecule has 1 rings (SSSR count). The van der Waals surface area contributed by atoms with Gasteiger partial charge in [-0.25, -0.2) is 0 Å². The summed E-state index contributed by atoms with van der Waals surface area (Å²) in [5.41, 5.74) is 5.99. The predicted octanol–water partition coefficient (Wildman–Crippen LogP) is -0.499. The Morgan fingerprint density at radius 1 is 1.69 bits per heavy atom. The number of hydrogen-bond donors (Lipinski definition) is 2. The molecule has 1 aromatic rings. The first-order valence-corrected chi connectivity index (χ1v) is 6.45. The van der Waals surface area contributed by atoms with E-state index in [1.165, 1.54) is 10.9 Å². The summed E-state index contributed by atoms with van der Waals surface area (Å²) in [6.07, 6.45) is 1.42.